The second kappa shape index (κ2) is 3.14. The average molecular weight is 191 g/mol. The Hall–Kier alpha value is -1.84. The first kappa shape index (κ1) is 8.74. The van der Waals surface area contributed by atoms with Gasteiger partial charge in [-0.2, -0.15) is 0 Å². The van der Waals surface area contributed by atoms with Gasteiger partial charge in [-0.15, -0.1) is 0 Å². The minimum absolute atomic E-state index is 0.543. The normalized spacial score (nSPS) is 12.9. The molecule has 0 aliphatic rings. The van der Waals surface area contributed by atoms with Gasteiger partial charge in [0.1, 0.15) is 11.8 Å². The molecule has 4 nitrogen and oxygen atoms in total. The molecule has 0 aliphatic heterocycles. The number of carboxylic acids is 1. The van der Waals surface area contributed by atoms with E-state index in [0.29, 0.717) is 5.52 Å². The first-order chi connectivity index (χ1) is 6.70. The maximum atomic E-state index is 10.8. The lowest BCUT2D eigenvalue weighted by molar-refractivity contribution is -0.138. The smallest absolute Gasteiger partial charge is 0.310 e. The van der Waals surface area contributed by atoms with Crippen molar-refractivity contribution in [2.45, 2.75) is 12.8 Å². The van der Waals surface area contributed by atoms with E-state index in [2.05, 4.69) is 5.16 Å². The zero-order valence-electron chi connectivity index (χ0n) is 7.60. The minimum Gasteiger partial charge on any atom is -0.481 e. The predicted molar refractivity (Wildman–Crippen MR) is 50.1 cm³/mol. The summed E-state index contributed by atoms with van der Waals surface area (Å²) in [5, 5.41) is 13.4. The Morgan fingerprint density at radius 3 is 3.07 bits per heavy atom. The van der Waals surface area contributed by atoms with Crippen LogP contribution in [-0.4, -0.2) is 16.2 Å². The molecule has 1 atom stereocenters. The Labute approximate surface area is 80.1 Å². The summed E-state index contributed by atoms with van der Waals surface area (Å²) in [5.41, 5.74) is 1.42. The number of carbonyl (C=O) groups is 1. The van der Waals surface area contributed by atoms with E-state index in [1.165, 1.54) is 6.26 Å². The molecule has 2 rings (SSSR count). The van der Waals surface area contributed by atoms with Crippen molar-refractivity contribution in [3.05, 3.63) is 30.0 Å². The van der Waals surface area contributed by atoms with Crippen LogP contribution in [0.4, 0.5) is 0 Å². The number of hydrogen-bond donors (Lipinski definition) is 1. The Balaban J connectivity index is 2.61. The molecule has 0 saturated carbocycles. The molecule has 1 aromatic heterocycles. The van der Waals surface area contributed by atoms with Gasteiger partial charge in [-0.1, -0.05) is 17.3 Å². The molecule has 0 fully saturated rings. The summed E-state index contributed by atoms with van der Waals surface area (Å²) in [6.07, 6.45) is 1.48. The Morgan fingerprint density at radius 2 is 2.36 bits per heavy atom. The highest BCUT2D eigenvalue weighted by Crippen LogP contribution is 2.24. The summed E-state index contributed by atoms with van der Waals surface area (Å²) in [6, 6.07) is 5.34. The molecule has 1 heterocycles. The van der Waals surface area contributed by atoms with Crippen LogP contribution in [0.1, 0.15) is 18.4 Å². The first-order valence-electron chi connectivity index (χ1n) is 4.26. The molecule has 0 saturated heterocycles. The summed E-state index contributed by atoms with van der Waals surface area (Å²) >= 11 is 0. The summed E-state index contributed by atoms with van der Waals surface area (Å²) in [6.45, 7) is 1.64. The Kier molecular flexibility index (Phi) is 1.96. The molecule has 0 bridgehead atoms. The predicted octanol–water partition coefficient (Wildman–Crippen LogP) is 2.02. The lowest BCUT2D eigenvalue weighted by atomic mass is 9.98. The largest absolute Gasteiger partial charge is 0.481 e. The van der Waals surface area contributed by atoms with Crippen LogP contribution in [0.3, 0.4) is 0 Å². The fraction of sp³-hybridized carbons (Fsp3) is 0.200. The molecule has 1 N–H and O–H groups in total. The third-order valence-corrected chi connectivity index (χ3v) is 2.28. The minimum atomic E-state index is -0.848. The zero-order valence-corrected chi connectivity index (χ0v) is 7.60. The van der Waals surface area contributed by atoms with E-state index in [0.717, 1.165) is 10.9 Å². The van der Waals surface area contributed by atoms with E-state index in [-0.39, 0.29) is 0 Å². The number of nitrogens with zero attached hydrogens (tertiary/aromatic N) is 1. The second-order valence-corrected chi connectivity index (χ2v) is 3.15. The number of carboxylic acid groups (broad SMARTS) is 1. The molecule has 1 unspecified atom stereocenters. The maximum absolute atomic E-state index is 10.8. The van der Waals surface area contributed by atoms with Crippen LogP contribution in [0, 0.1) is 0 Å². The van der Waals surface area contributed by atoms with Crippen molar-refractivity contribution in [2.24, 2.45) is 0 Å². The topological polar surface area (TPSA) is 63.3 Å². The number of fused-ring (bicyclic) bond motifs is 1. The van der Waals surface area contributed by atoms with E-state index in [1.54, 1.807) is 25.1 Å². The van der Waals surface area contributed by atoms with E-state index in [1.807, 2.05) is 0 Å². The molecule has 72 valence electrons. The lowest BCUT2D eigenvalue weighted by Gasteiger charge is -2.06. The molecule has 0 aliphatic carbocycles. The summed E-state index contributed by atoms with van der Waals surface area (Å²) < 4.78 is 4.79. The number of hydrogen-bond acceptors (Lipinski definition) is 3. The summed E-state index contributed by atoms with van der Waals surface area (Å²) in [4.78, 5) is 10.8. The van der Waals surface area contributed by atoms with Gasteiger partial charge in [0.05, 0.1) is 5.92 Å². The highest BCUT2D eigenvalue weighted by atomic mass is 16.5. The number of aromatic nitrogens is 1. The first-order valence-corrected chi connectivity index (χ1v) is 4.26. The van der Waals surface area contributed by atoms with Gasteiger partial charge in [-0.3, -0.25) is 4.79 Å². The monoisotopic (exact) mass is 191 g/mol. The number of rotatable bonds is 2. The molecule has 4 heteroatoms. The second-order valence-electron chi connectivity index (χ2n) is 3.15. The standard InChI is InChI=1S/C10H9NO3/c1-6(10(12)13)7-3-2-4-9-8(7)5-14-11-9/h2-6H,1H3,(H,12,13). The molecule has 0 radical (unpaired) electrons. The van der Waals surface area contributed by atoms with Crippen LogP contribution in [0.25, 0.3) is 10.9 Å². The lowest BCUT2D eigenvalue weighted by Crippen LogP contribution is -2.07. The fourth-order valence-corrected chi connectivity index (χ4v) is 1.42. The van der Waals surface area contributed by atoms with Crippen molar-refractivity contribution >= 4 is 16.9 Å². The van der Waals surface area contributed by atoms with Gasteiger partial charge in [-0.25, -0.2) is 0 Å². The molecule has 0 amide bonds. The number of aliphatic carboxylic acids is 1. The van der Waals surface area contributed by atoms with Crippen molar-refractivity contribution in [3.63, 3.8) is 0 Å². The van der Waals surface area contributed by atoms with E-state index in [4.69, 9.17) is 9.63 Å². The van der Waals surface area contributed by atoms with Crippen LogP contribution in [0.5, 0.6) is 0 Å². The highest BCUT2D eigenvalue weighted by Gasteiger charge is 2.17. The highest BCUT2D eigenvalue weighted by molar-refractivity contribution is 5.87. The van der Waals surface area contributed by atoms with Crippen LogP contribution in [0.2, 0.25) is 0 Å². The van der Waals surface area contributed by atoms with E-state index in [9.17, 15) is 4.79 Å². The van der Waals surface area contributed by atoms with Gasteiger partial charge in [0.25, 0.3) is 0 Å². The molecular weight excluding hydrogens is 182 g/mol. The van der Waals surface area contributed by atoms with E-state index < -0.39 is 11.9 Å². The van der Waals surface area contributed by atoms with Gasteiger partial charge < -0.3 is 9.63 Å². The van der Waals surface area contributed by atoms with E-state index >= 15 is 0 Å². The fourth-order valence-electron chi connectivity index (χ4n) is 1.42. The van der Waals surface area contributed by atoms with Gasteiger partial charge in [-0.05, 0) is 18.6 Å². The molecule has 0 spiro atoms. The van der Waals surface area contributed by atoms with Crippen molar-refractivity contribution in [2.75, 3.05) is 0 Å². The van der Waals surface area contributed by atoms with Crippen molar-refractivity contribution in [1.82, 2.24) is 5.16 Å². The molecule has 14 heavy (non-hydrogen) atoms. The average Bonchev–Trinajstić information content (AvgIpc) is 2.63. The third kappa shape index (κ3) is 1.25. The maximum Gasteiger partial charge on any atom is 0.310 e. The van der Waals surface area contributed by atoms with Gasteiger partial charge in [0, 0.05) is 5.39 Å². The van der Waals surface area contributed by atoms with Gasteiger partial charge in [0.15, 0.2) is 0 Å². The molecular formula is C10H9NO3. The SMILES string of the molecule is CC(C(=O)O)c1cccc2nocc12. The molecule has 2 aromatic rings. The Morgan fingerprint density at radius 1 is 1.57 bits per heavy atom. The van der Waals surface area contributed by atoms with Crippen LogP contribution >= 0.6 is 0 Å². The Bertz CT molecular complexity index is 475. The van der Waals surface area contributed by atoms with Gasteiger partial charge >= 0.3 is 5.97 Å². The molecule has 1 aromatic carbocycles. The summed E-state index contributed by atoms with van der Waals surface area (Å²) in [5.74, 6) is -1.39. The van der Waals surface area contributed by atoms with Crippen molar-refractivity contribution in [1.29, 1.82) is 0 Å². The third-order valence-electron chi connectivity index (χ3n) is 2.28. The summed E-state index contributed by atoms with van der Waals surface area (Å²) in [7, 11) is 0. The number of benzene rings is 1. The zero-order chi connectivity index (χ0) is 10.1. The quantitative estimate of drug-likeness (QED) is 0.788. The van der Waals surface area contributed by atoms with Crippen LogP contribution < -0.4 is 0 Å². The van der Waals surface area contributed by atoms with Crippen LogP contribution in [0.15, 0.2) is 29.0 Å². The van der Waals surface area contributed by atoms with Gasteiger partial charge in [0.2, 0.25) is 0 Å². The van der Waals surface area contributed by atoms with Crippen molar-refractivity contribution in [3.8, 4) is 0 Å². The van der Waals surface area contributed by atoms with Crippen molar-refractivity contribution < 1.29 is 14.4 Å². The van der Waals surface area contributed by atoms with Crippen LogP contribution in [-0.2, 0) is 4.79 Å².